The molecule has 1 aromatic heterocycles. The third kappa shape index (κ3) is 2.75. The summed E-state index contributed by atoms with van der Waals surface area (Å²) in [4.78, 5) is 11.0. The lowest BCUT2D eigenvalue weighted by Crippen LogP contribution is -2.12. The molecule has 0 bridgehead atoms. The number of nitriles is 1. The molecule has 0 atom stereocenters. The Morgan fingerprint density at radius 1 is 1.71 bits per heavy atom. The van der Waals surface area contributed by atoms with Crippen LogP contribution in [0.4, 0.5) is 5.69 Å². The average Bonchev–Trinajstić information content (AvgIpc) is 2.19. The zero-order valence-electron chi connectivity index (χ0n) is 7.38. The fraction of sp³-hybridized carbons (Fsp3) is 0.375. The van der Waals surface area contributed by atoms with Gasteiger partial charge in [0, 0.05) is 13.0 Å². The molecule has 74 valence electrons. The van der Waals surface area contributed by atoms with E-state index in [9.17, 15) is 4.79 Å². The van der Waals surface area contributed by atoms with E-state index >= 15 is 0 Å². The summed E-state index contributed by atoms with van der Waals surface area (Å²) in [6.07, 6.45) is 2.62. The summed E-state index contributed by atoms with van der Waals surface area (Å²) in [5.41, 5.74) is 0.0744. The number of rotatable bonds is 4. The van der Waals surface area contributed by atoms with Gasteiger partial charge in [0.05, 0.1) is 18.0 Å². The second-order valence-corrected chi connectivity index (χ2v) is 2.99. The molecule has 0 aliphatic heterocycles. The number of unbranched alkanes of at least 4 members (excludes halogenated alkanes) is 1. The largest absolute Gasteiger partial charge is 0.382 e. The summed E-state index contributed by atoms with van der Waals surface area (Å²) in [7, 11) is 0. The molecule has 0 unspecified atom stereocenters. The maximum atomic E-state index is 11.0. The SMILES string of the molecule is N#CCCCNc1cn[nH]c(=O)c1Cl. The van der Waals surface area contributed by atoms with Crippen LogP contribution in [0.15, 0.2) is 11.0 Å². The van der Waals surface area contributed by atoms with Gasteiger partial charge in [0.2, 0.25) is 0 Å². The fourth-order valence-corrected chi connectivity index (χ4v) is 1.06. The van der Waals surface area contributed by atoms with Gasteiger partial charge >= 0.3 is 0 Å². The maximum absolute atomic E-state index is 11.0. The van der Waals surface area contributed by atoms with Crippen LogP contribution in [-0.2, 0) is 0 Å². The Bertz CT molecular complexity index is 395. The van der Waals surface area contributed by atoms with Gasteiger partial charge < -0.3 is 5.32 Å². The second-order valence-electron chi connectivity index (χ2n) is 2.62. The van der Waals surface area contributed by atoms with Crippen LogP contribution in [0.5, 0.6) is 0 Å². The molecule has 0 aliphatic carbocycles. The Balaban J connectivity index is 2.56. The number of H-pyrrole nitrogens is 1. The van der Waals surface area contributed by atoms with Gasteiger partial charge in [0.1, 0.15) is 5.02 Å². The molecule has 5 nitrogen and oxygen atoms in total. The first-order valence-electron chi connectivity index (χ1n) is 4.09. The van der Waals surface area contributed by atoms with Crippen LogP contribution in [0.1, 0.15) is 12.8 Å². The van der Waals surface area contributed by atoms with E-state index in [1.807, 2.05) is 6.07 Å². The maximum Gasteiger partial charge on any atom is 0.285 e. The van der Waals surface area contributed by atoms with Gasteiger partial charge in [-0.25, -0.2) is 5.10 Å². The van der Waals surface area contributed by atoms with Crippen LogP contribution in [0.2, 0.25) is 5.02 Å². The summed E-state index contributed by atoms with van der Waals surface area (Å²) in [6, 6.07) is 2.02. The minimum Gasteiger partial charge on any atom is -0.382 e. The summed E-state index contributed by atoms with van der Waals surface area (Å²) in [6.45, 7) is 0.596. The summed E-state index contributed by atoms with van der Waals surface area (Å²) < 4.78 is 0. The van der Waals surface area contributed by atoms with E-state index in [-0.39, 0.29) is 5.02 Å². The van der Waals surface area contributed by atoms with Crippen molar-refractivity contribution in [2.75, 3.05) is 11.9 Å². The fourth-order valence-electron chi connectivity index (χ4n) is 0.897. The first-order chi connectivity index (χ1) is 6.75. The van der Waals surface area contributed by atoms with E-state index in [1.54, 1.807) is 0 Å². The highest BCUT2D eigenvalue weighted by atomic mass is 35.5. The molecule has 6 heteroatoms. The molecular formula is C8H9ClN4O. The molecule has 0 radical (unpaired) electrons. The van der Waals surface area contributed by atoms with Crippen molar-refractivity contribution in [2.45, 2.75) is 12.8 Å². The number of nitrogens with zero attached hydrogens (tertiary/aromatic N) is 2. The lowest BCUT2D eigenvalue weighted by molar-refractivity contribution is 0.891. The number of anilines is 1. The van der Waals surface area contributed by atoms with Gasteiger partial charge in [0.15, 0.2) is 0 Å². The Morgan fingerprint density at radius 3 is 3.21 bits per heavy atom. The van der Waals surface area contributed by atoms with Crippen molar-refractivity contribution in [2.24, 2.45) is 0 Å². The number of aromatic nitrogens is 2. The summed E-state index contributed by atoms with van der Waals surface area (Å²) in [5, 5.41) is 17.1. The standard InChI is InChI=1S/C8H9ClN4O/c9-7-6(5-12-13-8(7)14)11-4-2-1-3-10/h5H,1-2,4H2,(H2,11,13,14). The Hall–Kier alpha value is -1.54. The molecular weight excluding hydrogens is 204 g/mol. The molecule has 0 aromatic carbocycles. The molecule has 0 amide bonds. The first-order valence-corrected chi connectivity index (χ1v) is 4.47. The molecule has 14 heavy (non-hydrogen) atoms. The van der Waals surface area contributed by atoms with Crippen LogP contribution in [0.3, 0.4) is 0 Å². The van der Waals surface area contributed by atoms with Gasteiger partial charge in [-0.3, -0.25) is 4.79 Å². The molecule has 1 heterocycles. The van der Waals surface area contributed by atoms with Crippen molar-refractivity contribution in [3.63, 3.8) is 0 Å². The minimum absolute atomic E-state index is 0.0944. The van der Waals surface area contributed by atoms with Gasteiger partial charge in [-0.15, -0.1) is 0 Å². The molecule has 0 saturated carbocycles. The number of hydrogen-bond donors (Lipinski definition) is 2. The number of halogens is 1. The first kappa shape index (κ1) is 10.5. The van der Waals surface area contributed by atoms with E-state index in [2.05, 4.69) is 15.5 Å². The van der Waals surface area contributed by atoms with Crippen molar-refractivity contribution in [3.8, 4) is 6.07 Å². The van der Waals surface area contributed by atoms with Crippen LogP contribution >= 0.6 is 11.6 Å². The van der Waals surface area contributed by atoms with Crippen LogP contribution in [0, 0.1) is 11.3 Å². The second kappa shape index (κ2) is 5.25. The normalized spacial score (nSPS) is 9.43. The zero-order valence-corrected chi connectivity index (χ0v) is 8.14. The van der Waals surface area contributed by atoms with Gasteiger partial charge in [-0.05, 0) is 6.42 Å². The monoisotopic (exact) mass is 212 g/mol. The van der Waals surface area contributed by atoms with Gasteiger partial charge in [-0.2, -0.15) is 10.4 Å². The topological polar surface area (TPSA) is 81.6 Å². The van der Waals surface area contributed by atoms with Crippen LogP contribution < -0.4 is 10.9 Å². The Kier molecular flexibility index (Phi) is 3.95. The highest BCUT2D eigenvalue weighted by Gasteiger charge is 2.02. The quantitative estimate of drug-likeness (QED) is 0.734. The molecule has 2 N–H and O–H groups in total. The molecule has 0 fully saturated rings. The Labute approximate surface area is 85.7 Å². The van der Waals surface area contributed by atoms with E-state index in [0.717, 1.165) is 0 Å². The van der Waals surface area contributed by atoms with Crippen LogP contribution in [-0.4, -0.2) is 16.7 Å². The lowest BCUT2D eigenvalue weighted by atomic mass is 10.3. The van der Waals surface area contributed by atoms with Crippen molar-refractivity contribution < 1.29 is 0 Å². The van der Waals surface area contributed by atoms with Gasteiger partial charge in [0.25, 0.3) is 5.56 Å². The predicted octanol–water partition coefficient (Wildman–Crippen LogP) is 1.14. The van der Waals surface area contributed by atoms with Gasteiger partial charge in [-0.1, -0.05) is 11.6 Å². The van der Waals surface area contributed by atoms with Crippen LogP contribution in [0.25, 0.3) is 0 Å². The Morgan fingerprint density at radius 2 is 2.50 bits per heavy atom. The molecule has 0 spiro atoms. The van der Waals surface area contributed by atoms with Crippen molar-refractivity contribution in [1.29, 1.82) is 5.26 Å². The van der Waals surface area contributed by atoms with Crippen molar-refractivity contribution >= 4 is 17.3 Å². The molecule has 0 aliphatic rings. The number of aromatic amines is 1. The third-order valence-electron chi connectivity index (χ3n) is 1.58. The smallest absolute Gasteiger partial charge is 0.285 e. The summed E-state index contributed by atoms with van der Waals surface area (Å²) in [5.74, 6) is 0. The summed E-state index contributed by atoms with van der Waals surface area (Å²) >= 11 is 5.69. The van der Waals surface area contributed by atoms with Crippen molar-refractivity contribution in [1.82, 2.24) is 10.2 Å². The zero-order chi connectivity index (χ0) is 10.4. The minimum atomic E-state index is -0.419. The average molecular weight is 213 g/mol. The number of hydrogen-bond acceptors (Lipinski definition) is 4. The third-order valence-corrected chi connectivity index (χ3v) is 1.95. The highest BCUT2D eigenvalue weighted by molar-refractivity contribution is 6.32. The molecule has 1 aromatic rings. The van der Waals surface area contributed by atoms with E-state index in [0.29, 0.717) is 25.1 Å². The highest BCUT2D eigenvalue weighted by Crippen LogP contribution is 2.13. The molecule has 1 rings (SSSR count). The molecule has 0 saturated heterocycles. The number of nitrogens with one attached hydrogen (secondary N) is 2. The van der Waals surface area contributed by atoms with E-state index in [1.165, 1.54) is 6.20 Å². The lowest BCUT2D eigenvalue weighted by Gasteiger charge is -2.04. The van der Waals surface area contributed by atoms with Crippen molar-refractivity contribution in [3.05, 3.63) is 21.6 Å². The predicted molar refractivity (Wildman–Crippen MR) is 53.2 cm³/mol. The van der Waals surface area contributed by atoms with E-state index in [4.69, 9.17) is 16.9 Å². The van der Waals surface area contributed by atoms with E-state index < -0.39 is 5.56 Å².